The highest BCUT2D eigenvalue weighted by Crippen LogP contribution is 2.29. The van der Waals surface area contributed by atoms with E-state index in [1.54, 1.807) is 37.3 Å². The van der Waals surface area contributed by atoms with Crippen molar-refractivity contribution in [1.82, 2.24) is 5.32 Å². The molecule has 0 bridgehead atoms. The van der Waals surface area contributed by atoms with Crippen LogP contribution in [0.25, 0.3) is 0 Å². The number of hydrogen-bond donors (Lipinski definition) is 1. The van der Waals surface area contributed by atoms with Gasteiger partial charge in [-0.05, 0) is 12.5 Å². The van der Waals surface area contributed by atoms with Crippen molar-refractivity contribution < 1.29 is 13.2 Å². The number of nitrogens with one attached hydrogen (secondary N) is 1. The van der Waals surface area contributed by atoms with Gasteiger partial charge < -0.3 is 5.32 Å². The standard InChI is InChI=1S/C14H16F3N/c1-2-3-7-10-18-13(11-14(15,16)17)12-8-5-4-6-9-12/h4-6,8-9,13,18H,7,10-11H2,1H3. The molecule has 1 aromatic rings. The first-order chi connectivity index (χ1) is 8.53. The zero-order valence-corrected chi connectivity index (χ0v) is 10.2. The second-order valence-electron chi connectivity index (χ2n) is 3.91. The molecule has 0 aromatic heterocycles. The lowest BCUT2D eigenvalue weighted by Gasteiger charge is -2.20. The minimum atomic E-state index is -4.18. The highest BCUT2D eigenvalue weighted by atomic mass is 19.4. The molecule has 0 heterocycles. The Hall–Kier alpha value is -1.47. The van der Waals surface area contributed by atoms with Crippen molar-refractivity contribution in [3.05, 3.63) is 35.9 Å². The molecule has 0 radical (unpaired) electrons. The van der Waals surface area contributed by atoms with Crippen molar-refractivity contribution in [2.45, 2.75) is 32.0 Å². The summed E-state index contributed by atoms with van der Waals surface area (Å²) in [5.74, 6) is 5.54. The van der Waals surface area contributed by atoms with E-state index in [-0.39, 0.29) is 0 Å². The van der Waals surface area contributed by atoms with Gasteiger partial charge in [0.1, 0.15) is 0 Å². The average molecular weight is 255 g/mol. The third-order valence-corrected chi connectivity index (χ3v) is 2.46. The van der Waals surface area contributed by atoms with E-state index in [0.717, 1.165) is 0 Å². The maximum atomic E-state index is 12.5. The van der Waals surface area contributed by atoms with Gasteiger partial charge >= 0.3 is 6.18 Å². The van der Waals surface area contributed by atoms with Gasteiger partial charge in [-0.25, -0.2) is 0 Å². The maximum absolute atomic E-state index is 12.5. The predicted octanol–water partition coefficient (Wildman–Crippen LogP) is 3.68. The molecule has 0 aliphatic carbocycles. The van der Waals surface area contributed by atoms with Crippen LogP contribution in [-0.4, -0.2) is 12.7 Å². The minimum Gasteiger partial charge on any atom is -0.309 e. The summed E-state index contributed by atoms with van der Waals surface area (Å²) in [5, 5.41) is 2.90. The Bertz CT molecular complexity index is 401. The smallest absolute Gasteiger partial charge is 0.309 e. The normalized spacial score (nSPS) is 12.7. The van der Waals surface area contributed by atoms with Crippen LogP contribution in [0.5, 0.6) is 0 Å². The minimum absolute atomic E-state index is 0.455. The predicted molar refractivity (Wildman–Crippen MR) is 65.9 cm³/mol. The SMILES string of the molecule is CC#CCCNC(CC(F)(F)F)c1ccccc1. The van der Waals surface area contributed by atoms with Crippen LogP contribution < -0.4 is 5.32 Å². The van der Waals surface area contributed by atoms with E-state index in [0.29, 0.717) is 18.5 Å². The van der Waals surface area contributed by atoms with Gasteiger partial charge in [-0.2, -0.15) is 13.2 Å². The Balaban J connectivity index is 2.66. The Kier molecular flexibility index (Phi) is 5.73. The molecule has 0 amide bonds. The lowest BCUT2D eigenvalue weighted by atomic mass is 10.0. The molecule has 0 fully saturated rings. The third-order valence-electron chi connectivity index (χ3n) is 2.46. The van der Waals surface area contributed by atoms with Gasteiger partial charge in [0.15, 0.2) is 0 Å². The lowest BCUT2D eigenvalue weighted by molar-refractivity contribution is -0.140. The van der Waals surface area contributed by atoms with E-state index < -0.39 is 18.6 Å². The Labute approximate surface area is 105 Å². The first-order valence-corrected chi connectivity index (χ1v) is 5.77. The summed E-state index contributed by atoms with van der Waals surface area (Å²) in [6.07, 6.45) is -4.49. The summed E-state index contributed by atoms with van der Waals surface area (Å²) in [6, 6.07) is 7.98. The second-order valence-corrected chi connectivity index (χ2v) is 3.91. The molecule has 0 saturated carbocycles. The Morgan fingerprint density at radius 1 is 1.22 bits per heavy atom. The Morgan fingerprint density at radius 2 is 1.89 bits per heavy atom. The fourth-order valence-electron chi connectivity index (χ4n) is 1.66. The van der Waals surface area contributed by atoms with Gasteiger partial charge in [0.05, 0.1) is 6.42 Å². The summed E-state index contributed by atoms with van der Waals surface area (Å²) in [7, 11) is 0. The fraction of sp³-hybridized carbons (Fsp3) is 0.429. The monoisotopic (exact) mass is 255 g/mol. The van der Waals surface area contributed by atoms with Crippen molar-refractivity contribution in [2.24, 2.45) is 0 Å². The van der Waals surface area contributed by atoms with Crippen molar-refractivity contribution in [2.75, 3.05) is 6.54 Å². The molecule has 1 rings (SSSR count). The van der Waals surface area contributed by atoms with Gasteiger partial charge in [0.25, 0.3) is 0 Å². The molecule has 1 aromatic carbocycles. The number of halogens is 3. The molecule has 1 atom stereocenters. The highest BCUT2D eigenvalue weighted by Gasteiger charge is 2.32. The molecule has 0 spiro atoms. The van der Waals surface area contributed by atoms with Crippen molar-refractivity contribution >= 4 is 0 Å². The van der Waals surface area contributed by atoms with Crippen LogP contribution in [-0.2, 0) is 0 Å². The summed E-state index contributed by atoms with van der Waals surface area (Å²) in [4.78, 5) is 0. The summed E-state index contributed by atoms with van der Waals surface area (Å²) in [5.41, 5.74) is 0.652. The lowest BCUT2D eigenvalue weighted by Crippen LogP contribution is -2.27. The van der Waals surface area contributed by atoms with Crippen LogP contribution in [0.15, 0.2) is 30.3 Å². The van der Waals surface area contributed by atoms with Gasteiger partial charge in [0.2, 0.25) is 0 Å². The third kappa shape index (κ3) is 5.74. The topological polar surface area (TPSA) is 12.0 Å². The van der Waals surface area contributed by atoms with E-state index in [9.17, 15) is 13.2 Å². The van der Waals surface area contributed by atoms with Crippen molar-refractivity contribution in [1.29, 1.82) is 0 Å². The average Bonchev–Trinajstić information content (AvgIpc) is 2.33. The number of hydrogen-bond acceptors (Lipinski definition) is 1. The van der Waals surface area contributed by atoms with Crippen LogP contribution >= 0.6 is 0 Å². The summed E-state index contributed by atoms with van der Waals surface area (Å²) in [6.45, 7) is 2.17. The summed E-state index contributed by atoms with van der Waals surface area (Å²) < 4.78 is 37.5. The zero-order valence-electron chi connectivity index (χ0n) is 10.2. The number of rotatable bonds is 5. The van der Waals surface area contributed by atoms with Crippen LogP contribution in [0, 0.1) is 11.8 Å². The molecular formula is C14H16F3N. The van der Waals surface area contributed by atoms with Crippen molar-refractivity contribution in [3.8, 4) is 11.8 Å². The second kappa shape index (κ2) is 7.07. The first-order valence-electron chi connectivity index (χ1n) is 5.77. The molecule has 4 heteroatoms. The van der Waals surface area contributed by atoms with Gasteiger partial charge in [-0.3, -0.25) is 0 Å². The largest absolute Gasteiger partial charge is 0.390 e. The van der Waals surface area contributed by atoms with Crippen LogP contribution in [0.2, 0.25) is 0 Å². The summed E-state index contributed by atoms with van der Waals surface area (Å²) >= 11 is 0. The molecule has 1 N–H and O–H groups in total. The van der Waals surface area contributed by atoms with E-state index in [1.165, 1.54) is 0 Å². The van der Waals surface area contributed by atoms with E-state index in [4.69, 9.17) is 0 Å². The maximum Gasteiger partial charge on any atom is 0.390 e. The molecule has 0 saturated heterocycles. The Morgan fingerprint density at radius 3 is 2.44 bits per heavy atom. The molecule has 0 aliphatic rings. The van der Waals surface area contributed by atoms with Crippen LogP contribution in [0.4, 0.5) is 13.2 Å². The quantitative estimate of drug-likeness (QED) is 0.625. The molecule has 98 valence electrons. The first kappa shape index (κ1) is 14.6. The van der Waals surface area contributed by atoms with Crippen LogP contribution in [0.3, 0.4) is 0 Å². The number of benzene rings is 1. The van der Waals surface area contributed by atoms with Gasteiger partial charge in [0, 0.05) is 19.0 Å². The fourth-order valence-corrected chi connectivity index (χ4v) is 1.66. The number of alkyl halides is 3. The highest BCUT2D eigenvalue weighted by molar-refractivity contribution is 5.19. The molecule has 1 unspecified atom stereocenters. The van der Waals surface area contributed by atoms with E-state index in [2.05, 4.69) is 17.2 Å². The zero-order chi connectivity index (χ0) is 13.4. The van der Waals surface area contributed by atoms with Gasteiger partial charge in [-0.15, -0.1) is 11.8 Å². The van der Waals surface area contributed by atoms with Crippen molar-refractivity contribution in [3.63, 3.8) is 0 Å². The molecular weight excluding hydrogens is 239 g/mol. The molecule has 0 aliphatic heterocycles. The van der Waals surface area contributed by atoms with Gasteiger partial charge in [-0.1, -0.05) is 30.3 Å². The van der Waals surface area contributed by atoms with Crippen LogP contribution in [0.1, 0.15) is 31.4 Å². The molecule has 1 nitrogen and oxygen atoms in total. The van der Waals surface area contributed by atoms with E-state index in [1.807, 2.05) is 0 Å². The van der Waals surface area contributed by atoms with E-state index >= 15 is 0 Å². The molecule has 18 heavy (non-hydrogen) atoms.